The summed E-state index contributed by atoms with van der Waals surface area (Å²) in [4.78, 5) is 4.42. The molecule has 23 heavy (non-hydrogen) atoms. The minimum Gasteiger partial charge on any atom is -0.467 e. The molecule has 0 amide bonds. The molecule has 0 aliphatic rings. The Morgan fingerprint density at radius 1 is 1.22 bits per heavy atom. The Hall–Kier alpha value is -1.54. The van der Waals surface area contributed by atoms with Crippen LogP contribution in [0.5, 0.6) is 0 Å². The lowest BCUT2D eigenvalue weighted by Crippen LogP contribution is -2.39. The lowest BCUT2D eigenvalue weighted by molar-refractivity contribution is 0.158. The van der Waals surface area contributed by atoms with E-state index in [0.717, 1.165) is 6.54 Å². The predicted octanol–water partition coefficient (Wildman–Crippen LogP) is 3.25. The first kappa shape index (κ1) is 19.5. The van der Waals surface area contributed by atoms with E-state index in [1.165, 1.54) is 5.56 Å². The second-order valence-corrected chi connectivity index (χ2v) is 5.03. The summed E-state index contributed by atoms with van der Waals surface area (Å²) < 4.78 is 5.18. The molecule has 0 radical (unpaired) electrons. The molecule has 0 bridgehead atoms. The molecular formula is C17H24IN3O2. The highest BCUT2D eigenvalue weighted by atomic mass is 127. The first-order valence-electron chi connectivity index (χ1n) is 7.52. The Morgan fingerprint density at radius 3 is 2.57 bits per heavy atom. The van der Waals surface area contributed by atoms with E-state index in [1.807, 2.05) is 25.1 Å². The fourth-order valence-corrected chi connectivity index (χ4v) is 2.10. The fourth-order valence-electron chi connectivity index (χ4n) is 2.10. The van der Waals surface area contributed by atoms with Crippen LogP contribution in [0.4, 0.5) is 0 Å². The standard InChI is InChI=1S/C17H23N3O2.HI/c1-3-18-17(19-12-15(21)16-10-7-11-22-16)20-13(2)14-8-5-4-6-9-14;/h4-11,13,15,21H,3,12H2,1-2H3,(H2,18,19,20);1H. The van der Waals surface area contributed by atoms with Gasteiger partial charge in [-0.25, -0.2) is 0 Å². The number of hydrogen-bond donors (Lipinski definition) is 3. The zero-order valence-corrected chi connectivity index (χ0v) is 15.7. The van der Waals surface area contributed by atoms with Crippen LogP contribution in [-0.4, -0.2) is 24.2 Å². The third kappa shape index (κ3) is 6.23. The largest absolute Gasteiger partial charge is 0.467 e. The lowest BCUT2D eigenvalue weighted by atomic mass is 10.1. The number of aliphatic imine (C=N–C) groups is 1. The highest BCUT2D eigenvalue weighted by Gasteiger charge is 2.11. The quantitative estimate of drug-likeness (QED) is 0.375. The van der Waals surface area contributed by atoms with Crippen molar-refractivity contribution in [3.8, 4) is 0 Å². The van der Waals surface area contributed by atoms with E-state index in [-0.39, 0.29) is 36.6 Å². The molecule has 126 valence electrons. The molecule has 0 fully saturated rings. The van der Waals surface area contributed by atoms with Gasteiger partial charge in [-0.05, 0) is 31.5 Å². The van der Waals surface area contributed by atoms with E-state index in [0.29, 0.717) is 11.7 Å². The van der Waals surface area contributed by atoms with Gasteiger partial charge in [0.2, 0.25) is 0 Å². The Balaban J connectivity index is 0.00000264. The molecule has 2 atom stereocenters. The third-order valence-corrected chi connectivity index (χ3v) is 3.29. The van der Waals surface area contributed by atoms with Crippen molar-refractivity contribution in [2.24, 2.45) is 4.99 Å². The first-order valence-corrected chi connectivity index (χ1v) is 7.52. The van der Waals surface area contributed by atoms with Crippen LogP contribution in [0.1, 0.15) is 37.3 Å². The molecule has 0 aliphatic carbocycles. The van der Waals surface area contributed by atoms with Crippen LogP contribution in [0, 0.1) is 0 Å². The van der Waals surface area contributed by atoms with Crippen LogP contribution in [0.15, 0.2) is 58.1 Å². The molecule has 6 heteroatoms. The minimum absolute atomic E-state index is 0. The van der Waals surface area contributed by atoms with Gasteiger partial charge in [0.25, 0.3) is 0 Å². The monoisotopic (exact) mass is 429 g/mol. The number of rotatable bonds is 6. The Morgan fingerprint density at radius 2 is 1.96 bits per heavy atom. The second-order valence-electron chi connectivity index (χ2n) is 5.03. The molecule has 0 saturated carbocycles. The molecule has 1 heterocycles. The van der Waals surface area contributed by atoms with Gasteiger partial charge in [-0.2, -0.15) is 0 Å². The summed E-state index contributed by atoms with van der Waals surface area (Å²) in [5.74, 6) is 1.19. The summed E-state index contributed by atoms with van der Waals surface area (Å²) >= 11 is 0. The summed E-state index contributed by atoms with van der Waals surface area (Å²) in [7, 11) is 0. The topological polar surface area (TPSA) is 69.8 Å². The maximum atomic E-state index is 10.0. The van der Waals surface area contributed by atoms with Gasteiger partial charge >= 0.3 is 0 Å². The van der Waals surface area contributed by atoms with Crippen molar-refractivity contribution in [1.82, 2.24) is 10.6 Å². The molecule has 5 nitrogen and oxygen atoms in total. The minimum atomic E-state index is -0.738. The number of nitrogens with one attached hydrogen (secondary N) is 2. The molecule has 3 N–H and O–H groups in total. The van der Waals surface area contributed by atoms with Crippen molar-refractivity contribution >= 4 is 29.9 Å². The molecule has 2 unspecified atom stereocenters. The third-order valence-electron chi connectivity index (χ3n) is 3.29. The van der Waals surface area contributed by atoms with Crippen molar-refractivity contribution in [3.05, 3.63) is 60.1 Å². The number of nitrogens with zero attached hydrogens (tertiary/aromatic N) is 1. The fraction of sp³-hybridized carbons (Fsp3) is 0.353. The number of hydrogen-bond acceptors (Lipinski definition) is 3. The smallest absolute Gasteiger partial charge is 0.191 e. The molecule has 1 aromatic carbocycles. The number of halogens is 1. The maximum absolute atomic E-state index is 10.0. The predicted molar refractivity (Wildman–Crippen MR) is 103 cm³/mol. The zero-order chi connectivity index (χ0) is 15.8. The number of furan rings is 1. The van der Waals surface area contributed by atoms with Crippen LogP contribution < -0.4 is 10.6 Å². The van der Waals surface area contributed by atoms with Gasteiger partial charge in [-0.15, -0.1) is 24.0 Å². The van der Waals surface area contributed by atoms with Crippen molar-refractivity contribution in [2.75, 3.05) is 13.1 Å². The molecule has 0 aliphatic heterocycles. The SMILES string of the molecule is CCNC(=NCC(O)c1ccco1)NC(C)c1ccccc1.I. The van der Waals surface area contributed by atoms with E-state index < -0.39 is 6.10 Å². The molecule has 0 saturated heterocycles. The summed E-state index contributed by atoms with van der Waals surface area (Å²) in [6.07, 6.45) is 0.806. The summed E-state index contributed by atoms with van der Waals surface area (Å²) in [6.45, 7) is 5.08. The van der Waals surface area contributed by atoms with E-state index >= 15 is 0 Å². The Bertz CT molecular complexity index is 573. The van der Waals surface area contributed by atoms with Gasteiger partial charge in [0.15, 0.2) is 5.96 Å². The molecule has 0 spiro atoms. The number of benzene rings is 1. The summed E-state index contributed by atoms with van der Waals surface area (Å²) in [5.41, 5.74) is 1.18. The van der Waals surface area contributed by atoms with Gasteiger partial charge in [0, 0.05) is 6.54 Å². The Labute approximate surface area is 154 Å². The molecular weight excluding hydrogens is 405 g/mol. The van der Waals surface area contributed by atoms with Crippen molar-refractivity contribution < 1.29 is 9.52 Å². The van der Waals surface area contributed by atoms with Gasteiger partial charge in [0.1, 0.15) is 11.9 Å². The lowest BCUT2D eigenvalue weighted by Gasteiger charge is -2.18. The molecule has 2 rings (SSSR count). The highest BCUT2D eigenvalue weighted by Crippen LogP contribution is 2.14. The summed E-state index contributed by atoms with van der Waals surface area (Å²) in [6, 6.07) is 13.8. The van der Waals surface area contributed by atoms with E-state index in [4.69, 9.17) is 4.42 Å². The molecule has 2 aromatic rings. The van der Waals surface area contributed by atoms with Crippen molar-refractivity contribution in [3.63, 3.8) is 0 Å². The second kappa shape index (κ2) is 10.3. The highest BCUT2D eigenvalue weighted by molar-refractivity contribution is 14.0. The van der Waals surface area contributed by atoms with Gasteiger partial charge in [-0.3, -0.25) is 4.99 Å². The number of aliphatic hydroxyl groups excluding tert-OH is 1. The average Bonchev–Trinajstić information content (AvgIpc) is 3.08. The number of aliphatic hydroxyl groups is 1. The summed E-state index contributed by atoms with van der Waals surface area (Å²) in [5, 5.41) is 16.5. The van der Waals surface area contributed by atoms with Gasteiger partial charge in [0.05, 0.1) is 18.8 Å². The van der Waals surface area contributed by atoms with Crippen LogP contribution in [0.2, 0.25) is 0 Å². The van der Waals surface area contributed by atoms with Gasteiger partial charge < -0.3 is 20.2 Å². The van der Waals surface area contributed by atoms with Crippen LogP contribution in [0.25, 0.3) is 0 Å². The first-order chi connectivity index (χ1) is 10.7. The van der Waals surface area contributed by atoms with Crippen molar-refractivity contribution in [2.45, 2.75) is 26.0 Å². The van der Waals surface area contributed by atoms with Crippen LogP contribution in [0.3, 0.4) is 0 Å². The van der Waals surface area contributed by atoms with E-state index in [2.05, 4.69) is 34.7 Å². The van der Waals surface area contributed by atoms with E-state index in [1.54, 1.807) is 18.4 Å². The van der Waals surface area contributed by atoms with E-state index in [9.17, 15) is 5.11 Å². The maximum Gasteiger partial charge on any atom is 0.191 e. The average molecular weight is 429 g/mol. The zero-order valence-electron chi connectivity index (χ0n) is 13.4. The van der Waals surface area contributed by atoms with Crippen LogP contribution >= 0.6 is 24.0 Å². The number of guanidine groups is 1. The molecule has 1 aromatic heterocycles. The normalized spacial score (nSPS) is 13.8. The van der Waals surface area contributed by atoms with Crippen LogP contribution in [-0.2, 0) is 0 Å². The Kier molecular flexibility index (Phi) is 8.71. The van der Waals surface area contributed by atoms with Gasteiger partial charge in [-0.1, -0.05) is 30.3 Å². The van der Waals surface area contributed by atoms with Crippen molar-refractivity contribution in [1.29, 1.82) is 0 Å².